The fraction of sp³-hybridized carbons (Fsp3) is 0.350. The smallest absolute Gasteiger partial charge is 0.282 e. The molecule has 1 fully saturated rings. The lowest BCUT2D eigenvalue weighted by atomic mass is 10.1. The van der Waals surface area contributed by atoms with Gasteiger partial charge in [0.05, 0.1) is 10.6 Å². The summed E-state index contributed by atoms with van der Waals surface area (Å²) in [5.41, 5.74) is 0.522. The fourth-order valence-corrected chi connectivity index (χ4v) is 3.35. The van der Waals surface area contributed by atoms with Gasteiger partial charge in [0.2, 0.25) is 0 Å². The Morgan fingerprint density at radius 1 is 1.07 bits per heavy atom. The molecule has 2 aromatic rings. The lowest BCUT2D eigenvalue weighted by Crippen LogP contribution is -2.47. The number of benzene rings is 2. The number of nitro benzene ring substituents is 1. The standard InChI is InChI=1S/C20H23FN4O3/c21-17-7-2-4-9-19(17)24-14-12-23(13-15-24)11-5-10-22-20(26)16-6-1-3-8-18(16)25(27)28/h1-4,6-9H,5,10-15H2,(H,22,26). The van der Waals surface area contributed by atoms with E-state index < -0.39 is 10.8 Å². The van der Waals surface area contributed by atoms with Crippen molar-refractivity contribution in [1.29, 1.82) is 0 Å². The van der Waals surface area contributed by atoms with Crippen molar-refractivity contribution in [3.63, 3.8) is 0 Å². The predicted octanol–water partition coefficient (Wildman–Crippen LogP) is 2.68. The number of nitrogens with zero attached hydrogens (tertiary/aromatic N) is 3. The minimum atomic E-state index is -0.552. The Bertz CT molecular complexity index is 838. The zero-order valence-corrected chi connectivity index (χ0v) is 15.5. The van der Waals surface area contributed by atoms with E-state index in [1.165, 1.54) is 24.3 Å². The molecule has 2 aromatic carbocycles. The molecule has 0 aliphatic carbocycles. The molecule has 7 nitrogen and oxygen atoms in total. The summed E-state index contributed by atoms with van der Waals surface area (Å²) in [4.78, 5) is 27.0. The van der Waals surface area contributed by atoms with E-state index in [2.05, 4.69) is 10.2 Å². The molecule has 1 aliphatic rings. The van der Waals surface area contributed by atoms with Crippen molar-refractivity contribution in [3.05, 3.63) is 70.0 Å². The van der Waals surface area contributed by atoms with E-state index in [0.29, 0.717) is 12.2 Å². The highest BCUT2D eigenvalue weighted by atomic mass is 19.1. The first kappa shape index (κ1) is 19.8. The number of hydrogen-bond acceptors (Lipinski definition) is 5. The first-order valence-electron chi connectivity index (χ1n) is 9.29. The maximum Gasteiger partial charge on any atom is 0.282 e. The maximum absolute atomic E-state index is 13.9. The number of para-hydroxylation sites is 2. The van der Waals surface area contributed by atoms with Gasteiger partial charge in [0.15, 0.2) is 0 Å². The molecule has 0 atom stereocenters. The zero-order valence-electron chi connectivity index (χ0n) is 15.5. The largest absolute Gasteiger partial charge is 0.367 e. The summed E-state index contributed by atoms with van der Waals surface area (Å²) >= 11 is 0. The van der Waals surface area contributed by atoms with Crippen molar-refractivity contribution in [1.82, 2.24) is 10.2 Å². The molecule has 0 spiro atoms. The SMILES string of the molecule is O=C(NCCCN1CCN(c2ccccc2F)CC1)c1ccccc1[N+](=O)[O-]. The molecule has 1 heterocycles. The topological polar surface area (TPSA) is 78.7 Å². The number of carbonyl (C=O) groups excluding carboxylic acids is 1. The highest BCUT2D eigenvalue weighted by Crippen LogP contribution is 2.20. The Labute approximate surface area is 162 Å². The summed E-state index contributed by atoms with van der Waals surface area (Å²) < 4.78 is 13.9. The number of nitro groups is 1. The van der Waals surface area contributed by atoms with Gasteiger partial charge in [-0.15, -0.1) is 0 Å². The Balaban J connectivity index is 1.40. The van der Waals surface area contributed by atoms with Crippen LogP contribution in [0.3, 0.4) is 0 Å². The quantitative estimate of drug-likeness (QED) is 0.450. The summed E-state index contributed by atoms with van der Waals surface area (Å²) in [7, 11) is 0. The van der Waals surface area contributed by atoms with Crippen LogP contribution in [0.4, 0.5) is 15.8 Å². The normalized spacial score (nSPS) is 14.7. The molecule has 3 rings (SSSR count). The Hall–Kier alpha value is -3.00. The number of anilines is 1. The molecule has 0 bridgehead atoms. The molecular formula is C20H23FN4O3. The fourth-order valence-electron chi connectivity index (χ4n) is 3.35. The second-order valence-corrected chi connectivity index (χ2v) is 6.66. The molecule has 1 saturated heterocycles. The third kappa shape index (κ3) is 4.83. The minimum Gasteiger partial charge on any atom is -0.367 e. The molecular weight excluding hydrogens is 363 g/mol. The van der Waals surface area contributed by atoms with Crippen LogP contribution in [0.15, 0.2) is 48.5 Å². The summed E-state index contributed by atoms with van der Waals surface area (Å²) in [6.45, 7) is 4.41. The van der Waals surface area contributed by atoms with E-state index in [0.717, 1.165) is 39.1 Å². The van der Waals surface area contributed by atoms with Gasteiger partial charge in [0.1, 0.15) is 11.4 Å². The van der Waals surface area contributed by atoms with Crippen LogP contribution in [-0.4, -0.2) is 55.0 Å². The van der Waals surface area contributed by atoms with Gasteiger partial charge < -0.3 is 10.2 Å². The minimum absolute atomic E-state index is 0.0750. The van der Waals surface area contributed by atoms with Gasteiger partial charge in [-0.3, -0.25) is 19.8 Å². The number of nitrogens with one attached hydrogen (secondary N) is 1. The first-order chi connectivity index (χ1) is 13.6. The number of halogens is 1. The number of amides is 1. The third-order valence-corrected chi connectivity index (χ3v) is 4.85. The van der Waals surface area contributed by atoms with Crippen LogP contribution >= 0.6 is 0 Å². The summed E-state index contributed by atoms with van der Waals surface area (Å²) in [6.07, 6.45) is 0.742. The molecule has 1 amide bonds. The van der Waals surface area contributed by atoms with Gasteiger partial charge in [-0.25, -0.2) is 4.39 Å². The lowest BCUT2D eigenvalue weighted by Gasteiger charge is -2.36. The Morgan fingerprint density at radius 2 is 1.75 bits per heavy atom. The molecule has 8 heteroatoms. The van der Waals surface area contributed by atoms with E-state index in [-0.39, 0.29) is 17.1 Å². The number of carbonyl (C=O) groups is 1. The molecule has 0 unspecified atom stereocenters. The molecule has 28 heavy (non-hydrogen) atoms. The van der Waals surface area contributed by atoms with E-state index in [9.17, 15) is 19.3 Å². The Morgan fingerprint density at radius 3 is 2.46 bits per heavy atom. The second kappa shape index (κ2) is 9.27. The second-order valence-electron chi connectivity index (χ2n) is 6.66. The van der Waals surface area contributed by atoms with E-state index >= 15 is 0 Å². The average Bonchev–Trinajstić information content (AvgIpc) is 2.72. The van der Waals surface area contributed by atoms with Crippen LogP contribution in [0.1, 0.15) is 16.8 Å². The van der Waals surface area contributed by atoms with Gasteiger partial charge in [0.25, 0.3) is 11.6 Å². The van der Waals surface area contributed by atoms with Crippen LogP contribution in [0.5, 0.6) is 0 Å². The first-order valence-corrected chi connectivity index (χ1v) is 9.29. The van der Waals surface area contributed by atoms with E-state index in [1.807, 2.05) is 11.0 Å². The predicted molar refractivity (Wildman–Crippen MR) is 105 cm³/mol. The monoisotopic (exact) mass is 386 g/mol. The van der Waals surface area contributed by atoms with Crippen LogP contribution in [0.25, 0.3) is 0 Å². The van der Waals surface area contributed by atoms with Gasteiger partial charge >= 0.3 is 0 Å². The lowest BCUT2D eigenvalue weighted by molar-refractivity contribution is -0.385. The highest BCUT2D eigenvalue weighted by Gasteiger charge is 2.20. The third-order valence-electron chi connectivity index (χ3n) is 4.85. The van der Waals surface area contributed by atoms with Crippen molar-refractivity contribution < 1.29 is 14.1 Å². The molecule has 0 saturated carbocycles. The van der Waals surface area contributed by atoms with Gasteiger partial charge in [-0.1, -0.05) is 24.3 Å². The van der Waals surface area contributed by atoms with Crippen LogP contribution < -0.4 is 10.2 Å². The zero-order chi connectivity index (χ0) is 19.9. The number of rotatable bonds is 7. The van der Waals surface area contributed by atoms with Crippen molar-refractivity contribution >= 4 is 17.3 Å². The van der Waals surface area contributed by atoms with E-state index in [4.69, 9.17) is 0 Å². The van der Waals surface area contributed by atoms with Crippen molar-refractivity contribution in [2.75, 3.05) is 44.2 Å². The molecule has 1 aliphatic heterocycles. The van der Waals surface area contributed by atoms with Gasteiger partial charge in [-0.05, 0) is 31.2 Å². The molecule has 148 valence electrons. The molecule has 0 radical (unpaired) electrons. The van der Waals surface area contributed by atoms with Crippen molar-refractivity contribution in [3.8, 4) is 0 Å². The number of hydrogen-bond donors (Lipinski definition) is 1. The summed E-state index contributed by atoms with van der Waals surface area (Å²) in [5, 5.41) is 13.8. The van der Waals surface area contributed by atoms with Crippen molar-refractivity contribution in [2.24, 2.45) is 0 Å². The molecule has 1 N–H and O–H groups in total. The van der Waals surface area contributed by atoms with E-state index in [1.54, 1.807) is 18.2 Å². The number of piperazine rings is 1. The van der Waals surface area contributed by atoms with Crippen LogP contribution in [0.2, 0.25) is 0 Å². The highest BCUT2D eigenvalue weighted by molar-refractivity contribution is 5.98. The summed E-state index contributed by atoms with van der Waals surface area (Å²) in [5.74, 6) is -0.634. The maximum atomic E-state index is 13.9. The van der Waals surface area contributed by atoms with Crippen LogP contribution in [-0.2, 0) is 0 Å². The molecule has 0 aromatic heterocycles. The van der Waals surface area contributed by atoms with Gasteiger partial charge in [-0.2, -0.15) is 0 Å². The van der Waals surface area contributed by atoms with Gasteiger partial charge in [0, 0.05) is 38.8 Å². The average molecular weight is 386 g/mol. The summed E-state index contributed by atoms with van der Waals surface area (Å²) in [6, 6.07) is 12.7. The Kier molecular flexibility index (Phi) is 6.54. The van der Waals surface area contributed by atoms with Crippen LogP contribution in [0, 0.1) is 15.9 Å². The van der Waals surface area contributed by atoms with Crippen molar-refractivity contribution in [2.45, 2.75) is 6.42 Å².